The van der Waals surface area contributed by atoms with Crippen molar-refractivity contribution in [3.05, 3.63) is 59.7 Å². The molecule has 3 nitrogen and oxygen atoms in total. The minimum Gasteiger partial charge on any atom is -0.297 e. The third kappa shape index (κ3) is 1.53. The maximum atomic E-state index is 11.8. The van der Waals surface area contributed by atoms with Crippen molar-refractivity contribution in [2.75, 3.05) is 7.05 Å². The number of nitrogens with zero attached hydrogens (tertiary/aromatic N) is 1. The van der Waals surface area contributed by atoms with Gasteiger partial charge in [-0.3, -0.25) is 9.63 Å². The number of hydrogen-bond acceptors (Lipinski definition) is 3. The molecule has 2 aromatic rings. The average Bonchev–Trinajstić information content (AvgIpc) is 2.99. The zero-order chi connectivity index (χ0) is 14.6. The normalized spacial score (nSPS) is 22.3. The van der Waals surface area contributed by atoms with E-state index in [2.05, 4.69) is 48.5 Å². The first-order valence-corrected chi connectivity index (χ1v) is 7.25. The topological polar surface area (TPSA) is 29.5 Å². The van der Waals surface area contributed by atoms with Gasteiger partial charge < -0.3 is 0 Å². The SMILES string of the molecule is CC(=O)C1CC2(c3ccccc3-c3ccccc32)N(C)O1. The summed E-state index contributed by atoms with van der Waals surface area (Å²) >= 11 is 0. The lowest BCUT2D eigenvalue weighted by atomic mass is 9.82. The van der Waals surface area contributed by atoms with Crippen LogP contribution < -0.4 is 0 Å². The Morgan fingerprint density at radius 3 is 2.10 bits per heavy atom. The van der Waals surface area contributed by atoms with E-state index in [1.807, 2.05) is 12.1 Å². The lowest BCUT2D eigenvalue weighted by Crippen LogP contribution is -2.37. The van der Waals surface area contributed by atoms with Crippen molar-refractivity contribution in [1.29, 1.82) is 0 Å². The van der Waals surface area contributed by atoms with Gasteiger partial charge in [0.1, 0.15) is 6.10 Å². The highest BCUT2D eigenvalue weighted by Gasteiger charge is 2.53. The summed E-state index contributed by atoms with van der Waals surface area (Å²) in [5.41, 5.74) is 4.61. The van der Waals surface area contributed by atoms with Crippen LogP contribution in [0.3, 0.4) is 0 Å². The number of hydroxylamine groups is 2. The van der Waals surface area contributed by atoms with E-state index in [9.17, 15) is 4.79 Å². The Morgan fingerprint density at radius 2 is 1.62 bits per heavy atom. The second kappa shape index (κ2) is 4.26. The number of carbonyl (C=O) groups is 1. The molecule has 1 spiro atoms. The van der Waals surface area contributed by atoms with E-state index in [4.69, 9.17) is 4.84 Å². The molecule has 0 aromatic heterocycles. The molecule has 3 heteroatoms. The van der Waals surface area contributed by atoms with Gasteiger partial charge in [-0.2, -0.15) is 5.06 Å². The minimum atomic E-state index is -0.366. The molecular weight excluding hydrogens is 262 g/mol. The summed E-state index contributed by atoms with van der Waals surface area (Å²) in [6, 6.07) is 16.8. The van der Waals surface area contributed by atoms with E-state index in [0.717, 1.165) is 0 Å². The Hall–Kier alpha value is -1.97. The Morgan fingerprint density at radius 1 is 1.10 bits per heavy atom. The van der Waals surface area contributed by atoms with Crippen LogP contribution >= 0.6 is 0 Å². The second-order valence-electron chi connectivity index (χ2n) is 5.86. The Bertz CT molecular complexity index is 692. The molecular formula is C18H17NO2. The van der Waals surface area contributed by atoms with Crippen molar-refractivity contribution < 1.29 is 9.63 Å². The first-order chi connectivity index (χ1) is 10.1. The first-order valence-electron chi connectivity index (χ1n) is 7.25. The van der Waals surface area contributed by atoms with Gasteiger partial charge >= 0.3 is 0 Å². The molecule has 1 heterocycles. The van der Waals surface area contributed by atoms with E-state index in [1.54, 1.807) is 6.92 Å². The van der Waals surface area contributed by atoms with Gasteiger partial charge in [0.25, 0.3) is 0 Å². The number of benzene rings is 2. The van der Waals surface area contributed by atoms with E-state index >= 15 is 0 Å². The lowest BCUT2D eigenvalue weighted by Gasteiger charge is -2.32. The number of ketones is 1. The molecule has 1 fully saturated rings. The molecule has 0 saturated carbocycles. The van der Waals surface area contributed by atoms with Crippen LogP contribution in [0.5, 0.6) is 0 Å². The van der Waals surface area contributed by atoms with Gasteiger partial charge in [0.2, 0.25) is 0 Å². The van der Waals surface area contributed by atoms with Gasteiger partial charge in [-0.15, -0.1) is 0 Å². The van der Waals surface area contributed by atoms with Crippen molar-refractivity contribution in [3.8, 4) is 11.1 Å². The van der Waals surface area contributed by atoms with Crippen molar-refractivity contribution in [2.45, 2.75) is 25.0 Å². The van der Waals surface area contributed by atoms with Gasteiger partial charge in [0, 0.05) is 13.5 Å². The fraction of sp³-hybridized carbons (Fsp3) is 0.278. The van der Waals surface area contributed by atoms with Crippen LogP contribution in [-0.4, -0.2) is 24.0 Å². The summed E-state index contributed by atoms with van der Waals surface area (Å²) < 4.78 is 0. The Labute approximate surface area is 124 Å². The smallest absolute Gasteiger partial charge is 0.160 e. The number of fused-ring (bicyclic) bond motifs is 5. The van der Waals surface area contributed by atoms with E-state index in [0.29, 0.717) is 6.42 Å². The van der Waals surface area contributed by atoms with E-state index < -0.39 is 0 Å². The number of Topliss-reactive ketones (excluding diaryl/α,β-unsaturated/α-hetero) is 1. The quantitative estimate of drug-likeness (QED) is 0.803. The van der Waals surface area contributed by atoms with Gasteiger partial charge in [0.15, 0.2) is 5.78 Å². The fourth-order valence-corrected chi connectivity index (χ4v) is 3.79. The highest BCUT2D eigenvalue weighted by molar-refractivity contribution is 5.84. The predicted molar refractivity (Wildman–Crippen MR) is 80.6 cm³/mol. The maximum absolute atomic E-state index is 11.8. The van der Waals surface area contributed by atoms with Crippen LogP contribution in [0.2, 0.25) is 0 Å². The molecule has 2 aliphatic rings. The fourth-order valence-electron chi connectivity index (χ4n) is 3.79. The first kappa shape index (κ1) is 12.7. The monoisotopic (exact) mass is 279 g/mol. The summed E-state index contributed by atoms with van der Waals surface area (Å²) in [7, 11) is 1.93. The van der Waals surface area contributed by atoms with Crippen molar-refractivity contribution in [2.24, 2.45) is 0 Å². The number of hydrogen-bond donors (Lipinski definition) is 0. The molecule has 0 bridgehead atoms. The molecule has 1 atom stereocenters. The van der Waals surface area contributed by atoms with Crippen molar-refractivity contribution in [3.63, 3.8) is 0 Å². The Kier molecular flexibility index (Phi) is 2.59. The molecule has 0 radical (unpaired) electrons. The minimum absolute atomic E-state index is 0.0839. The van der Waals surface area contributed by atoms with Crippen molar-refractivity contribution in [1.82, 2.24) is 5.06 Å². The van der Waals surface area contributed by atoms with Crippen LogP contribution in [0.1, 0.15) is 24.5 Å². The van der Waals surface area contributed by atoms with Gasteiger partial charge in [-0.05, 0) is 29.2 Å². The largest absolute Gasteiger partial charge is 0.297 e. The summed E-state index contributed by atoms with van der Waals surface area (Å²) in [5.74, 6) is 0.0839. The van der Waals surface area contributed by atoms with Crippen LogP contribution in [0, 0.1) is 0 Å². The lowest BCUT2D eigenvalue weighted by molar-refractivity contribution is -0.170. The highest BCUT2D eigenvalue weighted by atomic mass is 16.7. The van der Waals surface area contributed by atoms with E-state index in [-0.39, 0.29) is 17.4 Å². The molecule has 1 aliphatic heterocycles. The predicted octanol–water partition coefficient (Wildman–Crippen LogP) is 3.14. The van der Waals surface area contributed by atoms with Crippen LogP contribution in [0.15, 0.2) is 48.5 Å². The summed E-state index contributed by atoms with van der Waals surface area (Å²) in [5, 5.41) is 1.88. The second-order valence-corrected chi connectivity index (χ2v) is 5.86. The molecule has 0 N–H and O–H groups in total. The van der Waals surface area contributed by atoms with E-state index in [1.165, 1.54) is 22.3 Å². The van der Waals surface area contributed by atoms with Gasteiger partial charge in [-0.1, -0.05) is 48.5 Å². The zero-order valence-corrected chi connectivity index (χ0v) is 12.2. The molecule has 4 rings (SSSR count). The zero-order valence-electron chi connectivity index (χ0n) is 12.2. The van der Waals surface area contributed by atoms with Gasteiger partial charge in [-0.25, -0.2) is 0 Å². The molecule has 0 amide bonds. The standard InChI is InChI=1S/C18H17NO2/c1-12(20)17-11-18(19(2)21-17)15-9-5-3-7-13(15)14-8-4-6-10-16(14)18/h3-10,17H,11H2,1-2H3. The van der Waals surface area contributed by atoms with Crippen LogP contribution in [0.25, 0.3) is 11.1 Å². The molecule has 1 saturated heterocycles. The number of rotatable bonds is 1. The molecule has 106 valence electrons. The summed E-state index contributed by atoms with van der Waals surface area (Å²) in [6.07, 6.45) is 0.307. The summed E-state index contributed by atoms with van der Waals surface area (Å²) in [4.78, 5) is 17.7. The molecule has 2 aromatic carbocycles. The maximum Gasteiger partial charge on any atom is 0.160 e. The third-order valence-corrected chi connectivity index (χ3v) is 4.79. The van der Waals surface area contributed by atoms with Crippen LogP contribution in [-0.2, 0) is 15.2 Å². The average molecular weight is 279 g/mol. The third-order valence-electron chi connectivity index (χ3n) is 4.79. The Balaban J connectivity index is 1.99. The van der Waals surface area contributed by atoms with Crippen molar-refractivity contribution >= 4 is 5.78 Å². The highest BCUT2D eigenvalue weighted by Crippen LogP contribution is 2.55. The van der Waals surface area contributed by atoms with Crippen LogP contribution in [0.4, 0.5) is 0 Å². The molecule has 21 heavy (non-hydrogen) atoms. The summed E-state index contributed by atoms with van der Waals surface area (Å²) in [6.45, 7) is 1.60. The molecule has 1 unspecified atom stereocenters. The number of carbonyl (C=O) groups excluding carboxylic acids is 1. The molecule has 1 aliphatic carbocycles. The van der Waals surface area contributed by atoms with Gasteiger partial charge in [0.05, 0.1) is 5.54 Å².